The Balaban J connectivity index is 2.65. The van der Waals surface area contributed by atoms with Gasteiger partial charge in [0.1, 0.15) is 5.82 Å². The molecule has 0 saturated heterocycles. The first kappa shape index (κ1) is 15.4. The molecule has 1 unspecified atom stereocenters. The van der Waals surface area contributed by atoms with Gasteiger partial charge < -0.3 is 10.7 Å². The molecule has 1 atom stereocenters. The van der Waals surface area contributed by atoms with Crippen LogP contribution in [-0.2, 0) is 0 Å². The molecule has 1 aromatic carbocycles. The highest BCUT2D eigenvalue weighted by Crippen LogP contribution is 2.18. The van der Waals surface area contributed by atoms with Crippen molar-refractivity contribution in [2.24, 2.45) is 5.84 Å². The first-order valence-corrected chi connectivity index (χ1v) is 6.66. The zero-order valence-electron chi connectivity index (χ0n) is 11.5. The van der Waals surface area contributed by atoms with Crippen LogP contribution < -0.4 is 16.6 Å². The van der Waals surface area contributed by atoms with Crippen LogP contribution in [0.25, 0.3) is 0 Å². The molecule has 0 aromatic heterocycles. The fourth-order valence-corrected chi connectivity index (χ4v) is 1.93. The largest absolute Gasteiger partial charge is 0.350 e. The van der Waals surface area contributed by atoms with Gasteiger partial charge >= 0.3 is 0 Å². The second-order valence-corrected chi connectivity index (χ2v) is 4.68. The topological polar surface area (TPSA) is 67.2 Å². The van der Waals surface area contributed by atoms with Crippen molar-refractivity contribution in [3.8, 4) is 0 Å². The zero-order valence-corrected chi connectivity index (χ0v) is 11.5. The third kappa shape index (κ3) is 4.52. The van der Waals surface area contributed by atoms with E-state index in [-0.39, 0.29) is 23.2 Å². The van der Waals surface area contributed by atoms with Gasteiger partial charge in [0, 0.05) is 6.04 Å². The minimum atomic E-state index is -0.534. The van der Waals surface area contributed by atoms with E-state index in [0.717, 1.165) is 25.7 Å². The number of amides is 1. The molecule has 4 nitrogen and oxygen atoms in total. The molecule has 1 amide bonds. The van der Waals surface area contributed by atoms with Crippen molar-refractivity contribution in [2.75, 3.05) is 5.43 Å². The molecule has 0 heterocycles. The molecule has 0 saturated carbocycles. The Bertz CT molecular complexity index is 423. The van der Waals surface area contributed by atoms with E-state index in [0.29, 0.717) is 0 Å². The highest BCUT2D eigenvalue weighted by atomic mass is 19.1. The highest BCUT2D eigenvalue weighted by molar-refractivity contribution is 5.99. The number of carbonyl (C=O) groups excluding carboxylic acids is 1. The van der Waals surface area contributed by atoms with Crippen molar-refractivity contribution in [3.63, 3.8) is 0 Å². The molecule has 0 bridgehead atoms. The van der Waals surface area contributed by atoms with Crippen LogP contribution in [-0.4, -0.2) is 11.9 Å². The van der Waals surface area contributed by atoms with Gasteiger partial charge in [-0.25, -0.2) is 4.39 Å². The highest BCUT2D eigenvalue weighted by Gasteiger charge is 2.15. The Morgan fingerprint density at radius 2 is 2.16 bits per heavy atom. The predicted octanol–water partition coefficient (Wildman–Crippen LogP) is 2.81. The summed E-state index contributed by atoms with van der Waals surface area (Å²) in [5.74, 6) is 4.41. The number of nitrogen functional groups attached to an aromatic ring is 1. The normalized spacial score (nSPS) is 12.0. The number of nitrogens with one attached hydrogen (secondary N) is 2. The average Bonchev–Trinajstić information content (AvgIpc) is 2.38. The molecule has 0 radical (unpaired) electrons. The molecule has 0 aliphatic carbocycles. The number of carbonyl (C=O) groups is 1. The van der Waals surface area contributed by atoms with Crippen LogP contribution in [0, 0.1) is 5.82 Å². The van der Waals surface area contributed by atoms with Crippen LogP contribution in [0.2, 0.25) is 0 Å². The first-order valence-electron chi connectivity index (χ1n) is 6.66. The fourth-order valence-electron chi connectivity index (χ4n) is 1.93. The third-order valence-corrected chi connectivity index (χ3v) is 3.02. The summed E-state index contributed by atoms with van der Waals surface area (Å²) in [6.07, 6.45) is 4.28. The summed E-state index contributed by atoms with van der Waals surface area (Å²) in [4.78, 5) is 12.0. The van der Waals surface area contributed by atoms with Gasteiger partial charge in [-0.2, -0.15) is 0 Å². The lowest BCUT2D eigenvalue weighted by Crippen LogP contribution is -2.33. The maximum Gasteiger partial charge on any atom is 0.253 e. The molecular formula is C14H22FN3O. The molecule has 19 heavy (non-hydrogen) atoms. The molecular weight excluding hydrogens is 245 g/mol. The fraction of sp³-hybridized carbons (Fsp3) is 0.500. The first-order chi connectivity index (χ1) is 9.10. The Morgan fingerprint density at radius 3 is 2.79 bits per heavy atom. The number of rotatable bonds is 7. The lowest BCUT2D eigenvalue weighted by atomic mass is 10.1. The number of benzene rings is 1. The molecule has 1 rings (SSSR count). The number of anilines is 1. The van der Waals surface area contributed by atoms with E-state index in [2.05, 4.69) is 17.7 Å². The van der Waals surface area contributed by atoms with Crippen molar-refractivity contribution >= 4 is 11.6 Å². The van der Waals surface area contributed by atoms with Crippen LogP contribution >= 0.6 is 0 Å². The second kappa shape index (κ2) is 7.74. The smallest absolute Gasteiger partial charge is 0.253 e. The maximum atomic E-state index is 13.5. The van der Waals surface area contributed by atoms with Gasteiger partial charge in [-0.1, -0.05) is 32.3 Å². The summed E-state index contributed by atoms with van der Waals surface area (Å²) in [5.41, 5.74) is 2.49. The van der Waals surface area contributed by atoms with Gasteiger partial charge in [-0.15, -0.1) is 0 Å². The predicted molar refractivity (Wildman–Crippen MR) is 75.3 cm³/mol. The van der Waals surface area contributed by atoms with E-state index in [1.54, 1.807) is 6.07 Å². The van der Waals surface area contributed by atoms with Crippen molar-refractivity contribution in [1.82, 2.24) is 5.32 Å². The Morgan fingerprint density at radius 1 is 1.42 bits per heavy atom. The van der Waals surface area contributed by atoms with Crippen molar-refractivity contribution < 1.29 is 9.18 Å². The molecule has 4 N–H and O–H groups in total. The Labute approximate surface area is 113 Å². The van der Waals surface area contributed by atoms with E-state index in [1.807, 2.05) is 6.92 Å². The summed E-state index contributed by atoms with van der Waals surface area (Å²) < 4.78 is 13.5. The van der Waals surface area contributed by atoms with Crippen LogP contribution in [0.1, 0.15) is 49.9 Å². The molecule has 106 valence electrons. The summed E-state index contributed by atoms with van der Waals surface area (Å²) in [5, 5.41) is 2.86. The van der Waals surface area contributed by atoms with Gasteiger partial charge in [-0.05, 0) is 25.5 Å². The van der Waals surface area contributed by atoms with E-state index < -0.39 is 5.82 Å². The van der Waals surface area contributed by atoms with Crippen molar-refractivity contribution in [2.45, 2.75) is 45.6 Å². The number of unbranched alkanes of at least 4 members (excludes halogenated alkanes) is 2. The van der Waals surface area contributed by atoms with E-state index >= 15 is 0 Å². The van der Waals surface area contributed by atoms with Crippen molar-refractivity contribution in [3.05, 3.63) is 29.6 Å². The summed E-state index contributed by atoms with van der Waals surface area (Å²) >= 11 is 0. The monoisotopic (exact) mass is 267 g/mol. The number of hydrazine groups is 1. The summed E-state index contributed by atoms with van der Waals surface area (Å²) in [6, 6.07) is 4.36. The number of nitrogens with two attached hydrogens (primary N) is 1. The SMILES string of the molecule is CCCCCC(C)NC(=O)c1cccc(F)c1NN. The van der Waals surface area contributed by atoms with Crippen LogP contribution in [0.5, 0.6) is 0 Å². The van der Waals surface area contributed by atoms with Crippen LogP contribution in [0.3, 0.4) is 0 Å². The number of para-hydroxylation sites is 1. The average molecular weight is 267 g/mol. The molecule has 0 aliphatic heterocycles. The van der Waals surface area contributed by atoms with Gasteiger partial charge in [-0.3, -0.25) is 10.6 Å². The maximum absolute atomic E-state index is 13.5. The Hall–Kier alpha value is -1.62. The lowest BCUT2D eigenvalue weighted by Gasteiger charge is -2.15. The molecule has 1 aromatic rings. The van der Waals surface area contributed by atoms with Gasteiger partial charge in [0.2, 0.25) is 0 Å². The summed E-state index contributed by atoms with van der Waals surface area (Å²) in [7, 11) is 0. The standard InChI is InChI=1S/C14H22FN3O/c1-3-4-5-7-10(2)17-14(19)11-8-6-9-12(15)13(11)18-16/h6,8-10,18H,3-5,7,16H2,1-2H3,(H,17,19). The van der Waals surface area contributed by atoms with Gasteiger partial charge in [0.25, 0.3) is 5.91 Å². The van der Waals surface area contributed by atoms with Crippen molar-refractivity contribution in [1.29, 1.82) is 0 Å². The minimum absolute atomic E-state index is 0.0285. The second-order valence-electron chi connectivity index (χ2n) is 4.68. The quantitative estimate of drug-likeness (QED) is 0.404. The third-order valence-electron chi connectivity index (χ3n) is 3.02. The zero-order chi connectivity index (χ0) is 14.3. The summed E-state index contributed by atoms with van der Waals surface area (Å²) in [6.45, 7) is 4.08. The molecule has 0 fully saturated rings. The van der Waals surface area contributed by atoms with E-state index in [4.69, 9.17) is 5.84 Å². The van der Waals surface area contributed by atoms with Crippen LogP contribution in [0.15, 0.2) is 18.2 Å². The molecule has 5 heteroatoms. The molecule has 0 aliphatic rings. The lowest BCUT2D eigenvalue weighted by molar-refractivity contribution is 0.0938. The number of hydrogen-bond donors (Lipinski definition) is 3. The number of hydrogen-bond acceptors (Lipinski definition) is 3. The number of halogens is 1. The van der Waals surface area contributed by atoms with E-state index in [9.17, 15) is 9.18 Å². The van der Waals surface area contributed by atoms with Crippen LogP contribution in [0.4, 0.5) is 10.1 Å². The van der Waals surface area contributed by atoms with Gasteiger partial charge in [0.05, 0.1) is 11.3 Å². The Kier molecular flexibility index (Phi) is 6.29. The van der Waals surface area contributed by atoms with Gasteiger partial charge in [0.15, 0.2) is 0 Å². The molecule has 0 spiro atoms. The minimum Gasteiger partial charge on any atom is -0.350 e. The van der Waals surface area contributed by atoms with E-state index in [1.165, 1.54) is 12.1 Å².